The van der Waals surface area contributed by atoms with E-state index in [1.54, 1.807) is 37.3 Å². The molecule has 39 heavy (non-hydrogen) atoms. The number of anilines is 1. The summed E-state index contributed by atoms with van der Waals surface area (Å²) in [6.45, 7) is 1.34. The van der Waals surface area contributed by atoms with Crippen LogP contribution in [0.15, 0.2) is 88.2 Å². The summed E-state index contributed by atoms with van der Waals surface area (Å²) >= 11 is 9.45. The first-order chi connectivity index (χ1) is 18.6. The van der Waals surface area contributed by atoms with Gasteiger partial charge in [-0.1, -0.05) is 70.7 Å². The Morgan fingerprint density at radius 1 is 1.00 bits per heavy atom. The van der Waals surface area contributed by atoms with E-state index in [-0.39, 0.29) is 23.4 Å². The SMILES string of the molecule is C[C@H](C(=O)NC1CCCC1)N(Cc1cccc(Br)c1)C(=O)CN(c1ccccc1)S(=O)(=O)c1ccc(Cl)cc1. The van der Waals surface area contributed by atoms with E-state index < -0.39 is 28.5 Å². The first-order valence-corrected chi connectivity index (χ1v) is 15.4. The molecule has 10 heteroatoms. The van der Waals surface area contributed by atoms with Gasteiger partial charge in [-0.3, -0.25) is 13.9 Å². The number of benzene rings is 3. The van der Waals surface area contributed by atoms with Crippen molar-refractivity contribution in [2.75, 3.05) is 10.8 Å². The number of amides is 2. The van der Waals surface area contributed by atoms with Crippen LogP contribution in [0.1, 0.15) is 38.2 Å². The number of hydrogen-bond acceptors (Lipinski definition) is 4. The molecule has 1 atom stereocenters. The van der Waals surface area contributed by atoms with Gasteiger partial charge in [-0.05, 0) is 73.9 Å². The number of rotatable bonds is 10. The van der Waals surface area contributed by atoms with Crippen LogP contribution in [0.3, 0.4) is 0 Å². The molecule has 0 saturated heterocycles. The van der Waals surface area contributed by atoms with E-state index in [4.69, 9.17) is 11.6 Å². The number of hydrogen-bond donors (Lipinski definition) is 1. The number of halogens is 2. The van der Waals surface area contributed by atoms with Crippen molar-refractivity contribution >= 4 is 55.1 Å². The second-order valence-electron chi connectivity index (χ2n) is 9.62. The highest BCUT2D eigenvalue weighted by molar-refractivity contribution is 9.10. The Kier molecular flexibility index (Phi) is 9.69. The molecular weight excluding hydrogens is 602 g/mol. The van der Waals surface area contributed by atoms with Gasteiger partial charge in [0.2, 0.25) is 11.8 Å². The average molecular weight is 633 g/mol. The van der Waals surface area contributed by atoms with Crippen molar-refractivity contribution in [2.45, 2.75) is 56.1 Å². The molecule has 7 nitrogen and oxygen atoms in total. The normalized spacial score (nSPS) is 14.5. The molecule has 206 valence electrons. The number of para-hydroxylation sites is 1. The monoisotopic (exact) mass is 631 g/mol. The second-order valence-corrected chi connectivity index (χ2v) is 12.8. The highest BCUT2D eigenvalue weighted by Gasteiger charge is 2.33. The molecule has 1 fully saturated rings. The Balaban J connectivity index is 1.66. The molecule has 1 aliphatic rings. The Morgan fingerprint density at radius 3 is 2.31 bits per heavy atom. The average Bonchev–Trinajstić information content (AvgIpc) is 3.43. The molecule has 0 aliphatic heterocycles. The van der Waals surface area contributed by atoms with Gasteiger partial charge in [0.25, 0.3) is 10.0 Å². The summed E-state index contributed by atoms with van der Waals surface area (Å²) in [5.74, 6) is -0.748. The van der Waals surface area contributed by atoms with Crippen molar-refractivity contribution in [3.63, 3.8) is 0 Å². The molecule has 0 aromatic heterocycles. The summed E-state index contributed by atoms with van der Waals surface area (Å²) in [6.07, 6.45) is 3.96. The zero-order valence-electron chi connectivity index (χ0n) is 21.6. The molecule has 2 amide bonds. The Labute approximate surface area is 243 Å². The fourth-order valence-corrected chi connectivity index (χ4v) is 6.65. The van der Waals surface area contributed by atoms with Gasteiger partial charge in [0.1, 0.15) is 12.6 Å². The van der Waals surface area contributed by atoms with Gasteiger partial charge in [-0.25, -0.2) is 8.42 Å². The second kappa shape index (κ2) is 13.0. The maximum atomic E-state index is 13.9. The van der Waals surface area contributed by atoms with Crippen molar-refractivity contribution in [3.8, 4) is 0 Å². The lowest BCUT2D eigenvalue weighted by atomic mass is 10.1. The molecule has 0 bridgehead atoms. The van der Waals surface area contributed by atoms with Crippen LogP contribution < -0.4 is 9.62 Å². The molecule has 0 heterocycles. The number of nitrogens with one attached hydrogen (secondary N) is 1. The quantitative estimate of drug-likeness (QED) is 0.307. The Morgan fingerprint density at radius 2 is 1.67 bits per heavy atom. The third kappa shape index (κ3) is 7.41. The molecule has 4 rings (SSSR count). The summed E-state index contributed by atoms with van der Waals surface area (Å²) in [6, 6.07) is 21.0. The first kappa shape index (κ1) is 29.1. The van der Waals surface area contributed by atoms with E-state index in [9.17, 15) is 18.0 Å². The topological polar surface area (TPSA) is 86.8 Å². The first-order valence-electron chi connectivity index (χ1n) is 12.8. The van der Waals surface area contributed by atoms with Gasteiger partial charge in [0.05, 0.1) is 10.6 Å². The van der Waals surface area contributed by atoms with Crippen molar-refractivity contribution in [3.05, 3.63) is 93.9 Å². The Hall–Kier alpha value is -2.88. The third-order valence-corrected chi connectivity index (χ3v) is 9.37. The van der Waals surface area contributed by atoms with E-state index in [1.807, 2.05) is 24.3 Å². The molecule has 3 aromatic carbocycles. The smallest absolute Gasteiger partial charge is 0.264 e. The number of nitrogens with zero attached hydrogens (tertiary/aromatic N) is 2. The Bertz CT molecular complexity index is 1400. The van der Waals surface area contributed by atoms with Crippen molar-refractivity contribution in [1.29, 1.82) is 0 Å². The molecule has 0 radical (unpaired) electrons. The van der Waals surface area contributed by atoms with Crippen LogP contribution in [0.25, 0.3) is 0 Å². The van der Waals surface area contributed by atoms with Gasteiger partial charge in [0.15, 0.2) is 0 Å². The number of carbonyl (C=O) groups is 2. The highest BCUT2D eigenvalue weighted by Crippen LogP contribution is 2.26. The molecule has 3 aromatic rings. The van der Waals surface area contributed by atoms with Gasteiger partial charge >= 0.3 is 0 Å². The van der Waals surface area contributed by atoms with Crippen molar-refractivity contribution < 1.29 is 18.0 Å². The van der Waals surface area contributed by atoms with Crippen LogP contribution in [-0.2, 0) is 26.2 Å². The fraction of sp³-hybridized carbons (Fsp3) is 0.310. The molecule has 1 N–H and O–H groups in total. The van der Waals surface area contributed by atoms with Crippen LogP contribution in [-0.4, -0.2) is 43.8 Å². The van der Waals surface area contributed by atoms with E-state index in [2.05, 4.69) is 21.2 Å². The molecule has 0 unspecified atom stereocenters. The molecule has 1 saturated carbocycles. The summed E-state index contributed by atoms with van der Waals surface area (Å²) in [5, 5.41) is 3.47. The number of sulfonamides is 1. The largest absolute Gasteiger partial charge is 0.352 e. The summed E-state index contributed by atoms with van der Waals surface area (Å²) < 4.78 is 29.4. The van der Waals surface area contributed by atoms with E-state index in [0.717, 1.165) is 40.0 Å². The summed E-state index contributed by atoms with van der Waals surface area (Å²) in [4.78, 5) is 28.6. The minimum Gasteiger partial charge on any atom is -0.352 e. The van der Waals surface area contributed by atoms with Crippen LogP contribution in [0.4, 0.5) is 5.69 Å². The lowest BCUT2D eigenvalue weighted by Gasteiger charge is -2.32. The summed E-state index contributed by atoms with van der Waals surface area (Å²) in [5.41, 5.74) is 1.15. The van der Waals surface area contributed by atoms with Gasteiger partial charge in [-0.2, -0.15) is 0 Å². The highest BCUT2D eigenvalue weighted by atomic mass is 79.9. The van der Waals surface area contributed by atoms with E-state index in [1.165, 1.54) is 29.2 Å². The van der Waals surface area contributed by atoms with Crippen LogP contribution in [0.5, 0.6) is 0 Å². The fourth-order valence-electron chi connectivity index (χ4n) is 4.66. The molecule has 0 spiro atoms. The van der Waals surface area contributed by atoms with Crippen LogP contribution in [0, 0.1) is 0 Å². The van der Waals surface area contributed by atoms with E-state index >= 15 is 0 Å². The lowest BCUT2D eigenvalue weighted by Crippen LogP contribution is -2.52. The van der Waals surface area contributed by atoms with Crippen LogP contribution >= 0.6 is 27.5 Å². The summed E-state index contributed by atoms with van der Waals surface area (Å²) in [7, 11) is -4.12. The lowest BCUT2D eigenvalue weighted by molar-refractivity contribution is -0.139. The van der Waals surface area contributed by atoms with Crippen molar-refractivity contribution in [2.24, 2.45) is 0 Å². The zero-order valence-corrected chi connectivity index (χ0v) is 24.8. The molecular formula is C29H31BrClN3O4S. The van der Waals surface area contributed by atoms with Gasteiger partial charge < -0.3 is 10.2 Å². The number of carbonyl (C=O) groups excluding carboxylic acids is 2. The maximum Gasteiger partial charge on any atom is 0.264 e. The minimum atomic E-state index is -4.12. The van der Waals surface area contributed by atoms with Gasteiger partial charge in [-0.15, -0.1) is 0 Å². The third-order valence-electron chi connectivity index (χ3n) is 6.84. The predicted octanol–water partition coefficient (Wildman–Crippen LogP) is 5.77. The van der Waals surface area contributed by atoms with Crippen molar-refractivity contribution in [1.82, 2.24) is 10.2 Å². The van der Waals surface area contributed by atoms with Crippen LogP contribution in [0.2, 0.25) is 5.02 Å². The van der Waals surface area contributed by atoms with E-state index in [0.29, 0.717) is 10.7 Å². The predicted molar refractivity (Wildman–Crippen MR) is 157 cm³/mol. The zero-order chi connectivity index (χ0) is 28.0. The molecule has 1 aliphatic carbocycles. The standard InChI is InChI=1S/C29H31BrClN3O4S/c1-21(29(36)32-25-10-5-6-11-25)33(19-22-8-7-9-23(30)18-22)28(35)20-34(26-12-3-2-4-13-26)39(37,38)27-16-14-24(31)15-17-27/h2-4,7-9,12-18,21,25H,5-6,10-11,19-20H2,1H3,(H,32,36)/t21-/m1/s1. The maximum absolute atomic E-state index is 13.9. The minimum absolute atomic E-state index is 0.00844. The van der Waals surface area contributed by atoms with Gasteiger partial charge in [0, 0.05) is 22.1 Å².